The van der Waals surface area contributed by atoms with E-state index in [1.807, 2.05) is 0 Å². The highest BCUT2D eigenvalue weighted by Gasteiger charge is 2.59. The molecule has 15 atom stereocenters. The molecule has 0 amide bonds. The maximum Gasteiger partial charge on any atom is 0.186 e. The molecule has 5 rings (SSSR count). The molecule has 6 nitrogen and oxygen atoms in total. The molecule has 4 unspecified atom stereocenters. The number of aliphatic hydroxyl groups excluding tert-OH is 4. The second kappa shape index (κ2) is 12.1. The van der Waals surface area contributed by atoms with Crippen LogP contribution in [-0.2, 0) is 9.47 Å². The van der Waals surface area contributed by atoms with Gasteiger partial charge in [0, 0.05) is 0 Å². The Kier molecular flexibility index (Phi) is 9.43. The Morgan fingerprint density at radius 1 is 0.902 bits per heavy atom. The van der Waals surface area contributed by atoms with Crippen molar-refractivity contribution in [2.24, 2.45) is 58.2 Å². The molecule has 236 valence electrons. The Bertz CT molecular complexity index is 934. The summed E-state index contributed by atoms with van der Waals surface area (Å²) in [5.41, 5.74) is 2.46. The van der Waals surface area contributed by atoms with Crippen LogP contribution >= 0.6 is 0 Å². The minimum atomic E-state index is -1.40. The van der Waals surface area contributed by atoms with Crippen molar-refractivity contribution in [3.63, 3.8) is 0 Å². The summed E-state index contributed by atoms with van der Waals surface area (Å²) in [5, 5.41) is 40.6. The zero-order chi connectivity index (χ0) is 29.9. The first-order valence-electron chi connectivity index (χ1n) is 17.0. The fraction of sp³-hybridized carbons (Fsp3) is 0.943. The van der Waals surface area contributed by atoms with Crippen LogP contribution in [0.15, 0.2) is 11.6 Å². The summed E-state index contributed by atoms with van der Waals surface area (Å²) >= 11 is 0. The standard InChI is InChI=1S/C35H60O6/c1-19(2)20(3)8-9-21(4)24-12-13-26-23-10-11-25-22(5)28(15-17-35(25,7)27(23)14-16-34(24,26)6)40-33-32(39)31(38)30(37)29(18-36)41-33/h10,19-22,24-33,36-39H,8-9,11-18H2,1-7H3/t20?,21-,22?,24-,25?,26+,27+,28?,29+,30+,31-,32+,33+,34-,35+/m1/s1. The molecule has 0 aromatic heterocycles. The van der Waals surface area contributed by atoms with Gasteiger partial charge in [0.2, 0.25) is 0 Å². The summed E-state index contributed by atoms with van der Waals surface area (Å²) in [6.45, 7) is 16.7. The van der Waals surface area contributed by atoms with E-state index in [0.717, 1.165) is 48.9 Å². The predicted molar refractivity (Wildman–Crippen MR) is 161 cm³/mol. The second-order valence-electron chi connectivity index (χ2n) is 15.9. The van der Waals surface area contributed by atoms with E-state index in [2.05, 4.69) is 54.5 Å². The SMILES string of the molecule is CC(C)C(C)CC[C@@H](C)[C@H]1CC[C@H]2C3=CCC4C(C)C(O[C@H]5O[C@@H](CO)[C@H](O)[C@@H](O)[C@@H]5O)CC[C@]4(C)[C@H]3CC[C@]12C. The van der Waals surface area contributed by atoms with E-state index < -0.39 is 37.3 Å². The van der Waals surface area contributed by atoms with Gasteiger partial charge in [0.05, 0.1) is 12.7 Å². The maximum atomic E-state index is 10.6. The van der Waals surface area contributed by atoms with Gasteiger partial charge in [0.15, 0.2) is 6.29 Å². The first-order chi connectivity index (χ1) is 19.3. The summed E-state index contributed by atoms with van der Waals surface area (Å²) in [6, 6.07) is 0. The summed E-state index contributed by atoms with van der Waals surface area (Å²) in [5.74, 6) is 5.36. The normalized spacial score (nSPS) is 49.6. The molecule has 5 aliphatic rings. The molecule has 41 heavy (non-hydrogen) atoms. The Morgan fingerprint density at radius 3 is 2.27 bits per heavy atom. The van der Waals surface area contributed by atoms with E-state index in [4.69, 9.17) is 9.47 Å². The zero-order valence-corrected chi connectivity index (χ0v) is 26.8. The van der Waals surface area contributed by atoms with E-state index in [1.165, 1.54) is 38.5 Å². The monoisotopic (exact) mass is 576 g/mol. The van der Waals surface area contributed by atoms with Gasteiger partial charge in [-0.3, -0.25) is 0 Å². The summed E-state index contributed by atoms with van der Waals surface area (Å²) in [7, 11) is 0. The van der Waals surface area contributed by atoms with Crippen molar-refractivity contribution in [3.8, 4) is 0 Å². The van der Waals surface area contributed by atoms with Gasteiger partial charge in [-0.15, -0.1) is 0 Å². The van der Waals surface area contributed by atoms with Gasteiger partial charge in [0.1, 0.15) is 24.4 Å². The molecule has 3 saturated carbocycles. The molecule has 0 bridgehead atoms. The molecule has 0 aromatic carbocycles. The first-order valence-corrected chi connectivity index (χ1v) is 17.0. The molecule has 4 fully saturated rings. The maximum absolute atomic E-state index is 10.6. The molecule has 0 radical (unpaired) electrons. The highest BCUT2D eigenvalue weighted by molar-refractivity contribution is 5.28. The van der Waals surface area contributed by atoms with Gasteiger partial charge in [-0.2, -0.15) is 0 Å². The average Bonchev–Trinajstić information content (AvgIpc) is 3.30. The van der Waals surface area contributed by atoms with E-state index in [-0.39, 0.29) is 17.4 Å². The Morgan fingerprint density at radius 2 is 1.59 bits per heavy atom. The molecular formula is C35H60O6. The molecule has 4 aliphatic carbocycles. The van der Waals surface area contributed by atoms with Crippen LogP contribution in [0.2, 0.25) is 0 Å². The average molecular weight is 577 g/mol. The highest BCUT2D eigenvalue weighted by atomic mass is 16.7. The number of aliphatic hydroxyl groups is 4. The quantitative estimate of drug-likeness (QED) is 0.277. The predicted octanol–water partition coefficient (Wildman–Crippen LogP) is 5.70. The van der Waals surface area contributed by atoms with Gasteiger partial charge < -0.3 is 29.9 Å². The van der Waals surface area contributed by atoms with Crippen LogP contribution in [0.5, 0.6) is 0 Å². The number of rotatable bonds is 8. The third kappa shape index (κ3) is 5.50. The Balaban J connectivity index is 1.27. The van der Waals surface area contributed by atoms with Gasteiger partial charge in [0.25, 0.3) is 0 Å². The fourth-order valence-corrected chi connectivity index (χ4v) is 10.5. The Labute approximate surface area is 249 Å². The van der Waals surface area contributed by atoms with Crippen LogP contribution in [-0.4, -0.2) is 63.8 Å². The molecule has 1 aliphatic heterocycles. The third-order valence-corrected chi connectivity index (χ3v) is 13.7. The van der Waals surface area contributed by atoms with E-state index in [1.54, 1.807) is 5.57 Å². The largest absolute Gasteiger partial charge is 0.394 e. The molecule has 0 aromatic rings. The van der Waals surface area contributed by atoms with Crippen LogP contribution < -0.4 is 0 Å². The van der Waals surface area contributed by atoms with Crippen molar-refractivity contribution in [1.82, 2.24) is 0 Å². The number of hydrogen-bond acceptors (Lipinski definition) is 6. The third-order valence-electron chi connectivity index (χ3n) is 13.7. The summed E-state index contributed by atoms with van der Waals surface area (Å²) < 4.78 is 12.1. The van der Waals surface area contributed by atoms with E-state index >= 15 is 0 Å². The van der Waals surface area contributed by atoms with Crippen molar-refractivity contribution < 1.29 is 29.9 Å². The Hall–Kier alpha value is -0.500. The lowest BCUT2D eigenvalue weighted by atomic mass is 9.46. The van der Waals surface area contributed by atoms with Crippen LogP contribution in [0.25, 0.3) is 0 Å². The van der Waals surface area contributed by atoms with Crippen LogP contribution in [0.1, 0.15) is 106 Å². The van der Waals surface area contributed by atoms with Crippen molar-refractivity contribution >= 4 is 0 Å². The van der Waals surface area contributed by atoms with Crippen LogP contribution in [0.3, 0.4) is 0 Å². The number of hydrogen-bond donors (Lipinski definition) is 4. The molecule has 1 saturated heterocycles. The van der Waals surface area contributed by atoms with Crippen LogP contribution in [0, 0.1) is 58.2 Å². The topological polar surface area (TPSA) is 99.4 Å². The summed E-state index contributed by atoms with van der Waals surface area (Å²) in [4.78, 5) is 0. The smallest absolute Gasteiger partial charge is 0.186 e. The minimum absolute atomic E-state index is 0.0942. The first kappa shape index (κ1) is 31.9. The van der Waals surface area contributed by atoms with Crippen molar-refractivity contribution in [2.75, 3.05) is 6.61 Å². The molecular weight excluding hydrogens is 516 g/mol. The van der Waals surface area contributed by atoms with Crippen molar-refractivity contribution in [1.29, 1.82) is 0 Å². The fourth-order valence-electron chi connectivity index (χ4n) is 10.5. The van der Waals surface area contributed by atoms with Crippen molar-refractivity contribution in [2.45, 2.75) is 143 Å². The molecule has 1 heterocycles. The number of ether oxygens (including phenoxy) is 2. The van der Waals surface area contributed by atoms with E-state index in [0.29, 0.717) is 17.3 Å². The van der Waals surface area contributed by atoms with Gasteiger partial charge in [-0.05, 0) is 103 Å². The van der Waals surface area contributed by atoms with Crippen molar-refractivity contribution in [3.05, 3.63) is 11.6 Å². The number of allylic oxidation sites excluding steroid dienone is 2. The van der Waals surface area contributed by atoms with Crippen LogP contribution in [0.4, 0.5) is 0 Å². The molecule has 0 spiro atoms. The number of fused-ring (bicyclic) bond motifs is 5. The van der Waals surface area contributed by atoms with Gasteiger partial charge in [-0.25, -0.2) is 0 Å². The summed E-state index contributed by atoms with van der Waals surface area (Å²) in [6.07, 6.45) is 7.61. The molecule has 4 N–H and O–H groups in total. The lowest BCUT2D eigenvalue weighted by Gasteiger charge is -2.60. The molecule has 6 heteroatoms. The lowest BCUT2D eigenvalue weighted by molar-refractivity contribution is -0.320. The second-order valence-corrected chi connectivity index (χ2v) is 15.9. The van der Waals surface area contributed by atoms with E-state index in [9.17, 15) is 20.4 Å². The zero-order valence-electron chi connectivity index (χ0n) is 26.8. The lowest BCUT2D eigenvalue weighted by Crippen LogP contribution is -2.60. The van der Waals surface area contributed by atoms with Gasteiger partial charge in [-0.1, -0.05) is 73.0 Å². The highest BCUT2D eigenvalue weighted by Crippen LogP contribution is 2.67. The minimum Gasteiger partial charge on any atom is -0.394 e. The van der Waals surface area contributed by atoms with Gasteiger partial charge >= 0.3 is 0 Å².